The molecule has 0 aromatic heterocycles. The second-order valence-corrected chi connectivity index (χ2v) is 15.4. The molecule has 0 aliphatic rings. The Bertz CT molecular complexity index is 1720. The fourth-order valence-corrected chi connectivity index (χ4v) is 8.00. The molecule has 0 atom stereocenters. The first-order chi connectivity index (χ1) is 24.9. The third-order valence-electron chi connectivity index (χ3n) is 8.87. The van der Waals surface area contributed by atoms with Crippen LogP contribution in [0, 0.1) is 0 Å². The largest absolute Gasteiger partial charge is 0.490 e. The normalized spacial score (nSPS) is 11.5. The molecule has 4 aromatic carbocycles. The van der Waals surface area contributed by atoms with Crippen molar-refractivity contribution in [3.63, 3.8) is 0 Å². The standard InChI is InChI=1S/C42H57Br3O6/c1-7-13-19-46-31-25-28-29(26-32(31)47-20-14-8-2)35-36(39(45)42(51-24-18-12-6)41(38(35)44)50-23-17-11-5)30-27-33(48-21-15-9-3)40(37(43)34(28)30)49-22-16-10-4/h25-27H,7-24H2,1-6H3. The lowest BCUT2D eigenvalue weighted by Gasteiger charge is -2.24. The number of hydrogen-bond acceptors (Lipinski definition) is 6. The van der Waals surface area contributed by atoms with Crippen LogP contribution in [-0.4, -0.2) is 39.6 Å². The third-order valence-corrected chi connectivity index (χ3v) is 11.1. The summed E-state index contributed by atoms with van der Waals surface area (Å²) in [5.41, 5.74) is 0. The number of ether oxygens (including phenoxy) is 6. The predicted molar refractivity (Wildman–Crippen MR) is 224 cm³/mol. The molecular formula is C42H57Br3O6. The molecule has 0 heterocycles. The van der Waals surface area contributed by atoms with Crippen molar-refractivity contribution in [2.75, 3.05) is 39.6 Å². The van der Waals surface area contributed by atoms with Crippen LogP contribution >= 0.6 is 47.8 Å². The molecule has 0 fully saturated rings. The van der Waals surface area contributed by atoms with Crippen molar-refractivity contribution in [1.82, 2.24) is 0 Å². The molecule has 0 spiro atoms. The van der Waals surface area contributed by atoms with E-state index < -0.39 is 0 Å². The highest BCUT2D eigenvalue weighted by Crippen LogP contribution is 2.56. The molecule has 4 aromatic rings. The van der Waals surface area contributed by atoms with Gasteiger partial charge in [-0.2, -0.15) is 0 Å². The summed E-state index contributed by atoms with van der Waals surface area (Å²) in [4.78, 5) is 0. The highest BCUT2D eigenvalue weighted by molar-refractivity contribution is 9.11. The Balaban J connectivity index is 2.21. The SMILES string of the molecule is CCCCOc1cc2c(cc1OCCCC)c1c(Br)c(OCCCC)c(OCCCC)c(Br)c1c1cc(OCCCC)c(OCCCC)c(Br)c21. The molecule has 0 aliphatic heterocycles. The molecular weight excluding hydrogens is 840 g/mol. The zero-order valence-corrected chi connectivity index (χ0v) is 36.3. The monoisotopic (exact) mass is 894 g/mol. The van der Waals surface area contributed by atoms with E-state index in [-0.39, 0.29) is 0 Å². The molecule has 0 saturated heterocycles. The van der Waals surface area contributed by atoms with Crippen LogP contribution in [0.3, 0.4) is 0 Å². The molecule has 0 radical (unpaired) electrons. The lowest BCUT2D eigenvalue weighted by atomic mass is 9.92. The van der Waals surface area contributed by atoms with Crippen LogP contribution in [0.15, 0.2) is 31.6 Å². The van der Waals surface area contributed by atoms with Gasteiger partial charge in [0.2, 0.25) is 0 Å². The Labute approximate surface area is 331 Å². The van der Waals surface area contributed by atoms with Crippen molar-refractivity contribution in [1.29, 1.82) is 0 Å². The molecule has 0 saturated carbocycles. The van der Waals surface area contributed by atoms with Crippen LogP contribution < -0.4 is 28.4 Å². The van der Waals surface area contributed by atoms with E-state index in [0.717, 1.165) is 146 Å². The van der Waals surface area contributed by atoms with Gasteiger partial charge in [-0.1, -0.05) is 80.1 Å². The van der Waals surface area contributed by atoms with Crippen molar-refractivity contribution >= 4 is 80.1 Å². The first-order valence-electron chi connectivity index (χ1n) is 19.2. The topological polar surface area (TPSA) is 55.4 Å². The third kappa shape index (κ3) is 10.1. The van der Waals surface area contributed by atoms with Gasteiger partial charge in [0.1, 0.15) is 0 Å². The van der Waals surface area contributed by atoms with Crippen LogP contribution in [0.2, 0.25) is 0 Å². The number of rotatable bonds is 24. The van der Waals surface area contributed by atoms with Crippen molar-refractivity contribution in [3.05, 3.63) is 31.6 Å². The number of fused-ring (bicyclic) bond motifs is 6. The number of halogens is 3. The summed E-state index contributed by atoms with van der Waals surface area (Å²) in [6, 6.07) is 6.44. The zero-order valence-electron chi connectivity index (χ0n) is 31.5. The van der Waals surface area contributed by atoms with Gasteiger partial charge in [0.15, 0.2) is 34.5 Å². The van der Waals surface area contributed by atoms with Crippen LogP contribution in [0.1, 0.15) is 119 Å². The number of benzene rings is 4. The van der Waals surface area contributed by atoms with Crippen molar-refractivity contribution in [2.45, 2.75) is 119 Å². The molecule has 282 valence electrons. The average Bonchev–Trinajstić information content (AvgIpc) is 3.12. The Morgan fingerprint density at radius 2 is 0.647 bits per heavy atom. The van der Waals surface area contributed by atoms with Crippen LogP contribution in [-0.2, 0) is 0 Å². The highest BCUT2D eigenvalue weighted by atomic mass is 79.9. The molecule has 6 nitrogen and oxygen atoms in total. The predicted octanol–water partition coefficient (Wildman–Crippen LogP) is 14.5. The van der Waals surface area contributed by atoms with Gasteiger partial charge in [0, 0.05) is 16.2 Å². The van der Waals surface area contributed by atoms with Crippen molar-refractivity contribution < 1.29 is 28.4 Å². The van der Waals surface area contributed by atoms with E-state index >= 15 is 0 Å². The minimum Gasteiger partial charge on any atom is -0.490 e. The van der Waals surface area contributed by atoms with Crippen LogP contribution in [0.5, 0.6) is 34.5 Å². The van der Waals surface area contributed by atoms with Gasteiger partial charge in [-0.25, -0.2) is 0 Å². The molecule has 0 N–H and O–H groups in total. The Kier molecular flexibility index (Phi) is 17.6. The minimum absolute atomic E-state index is 0.584. The summed E-state index contributed by atoms with van der Waals surface area (Å²) < 4.78 is 41.7. The summed E-state index contributed by atoms with van der Waals surface area (Å²) in [6.45, 7) is 16.6. The average molecular weight is 898 g/mol. The van der Waals surface area contributed by atoms with E-state index in [1.165, 1.54) is 0 Å². The highest BCUT2D eigenvalue weighted by Gasteiger charge is 2.28. The first kappa shape index (κ1) is 41.7. The van der Waals surface area contributed by atoms with E-state index in [0.29, 0.717) is 51.1 Å². The lowest BCUT2D eigenvalue weighted by Crippen LogP contribution is -2.06. The Morgan fingerprint density at radius 1 is 0.353 bits per heavy atom. The van der Waals surface area contributed by atoms with E-state index in [1.54, 1.807) is 0 Å². The fourth-order valence-electron chi connectivity index (χ4n) is 5.85. The maximum Gasteiger partial charge on any atom is 0.177 e. The summed E-state index contributed by atoms with van der Waals surface area (Å²) in [5.74, 6) is 4.32. The van der Waals surface area contributed by atoms with E-state index in [4.69, 9.17) is 28.4 Å². The lowest BCUT2D eigenvalue weighted by molar-refractivity contribution is 0.260. The summed E-state index contributed by atoms with van der Waals surface area (Å²) in [6.07, 6.45) is 11.9. The molecule has 0 amide bonds. The van der Waals surface area contributed by atoms with Crippen LogP contribution in [0.25, 0.3) is 32.3 Å². The molecule has 0 unspecified atom stereocenters. The quantitative estimate of drug-likeness (QED) is 0.0516. The fraction of sp³-hybridized carbons (Fsp3) is 0.571. The van der Waals surface area contributed by atoms with Gasteiger partial charge in [0.05, 0.1) is 53.1 Å². The van der Waals surface area contributed by atoms with E-state index in [2.05, 4.69) is 108 Å². The molecule has 9 heteroatoms. The summed E-state index contributed by atoms with van der Waals surface area (Å²) in [5, 5.41) is 6.06. The smallest absolute Gasteiger partial charge is 0.177 e. The number of hydrogen-bond donors (Lipinski definition) is 0. The van der Waals surface area contributed by atoms with Gasteiger partial charge >= 0.3 is 0 Å². The molecule has 0 bridgehead atoms. The second-order valence-electron chi connectivity index (χ2n) is 13.0. The van der Waals surface area contributed by atoms with Crippen LogP contribution in [0.4, 0.5) is 0 Å². The maximum atomic E-state index is 6.57. The summed E-state index contributed by atoms with van der Waals surface area (Å²) >= 11 is 12.2. The van der Waals surface area contributed by atoms with Gasteiger partial charge in [0.25, 0.3) is 0 Å². The molecule has 0 aliphatic carbocycles. The van der Waals surface area contributed by atoms with Gasteiger partial charge in [-0.3, -0.25) is 0 Å². The maximum absolute atomic E-state index is 6.57. The number of unbranched alkanes of at least 4 members (excludes halogenated alkanes) is 6. The molecule has 4 rings (SSSR count). The summed E-state index contributed by atoms with van der Waals surface area (Å²) in [7, 11) is 0. The Morgan fingerprint density at radius 3 is 1.06 bits per heavy atom. The van der Waals surface area contributed by atoms with Gasteiger partial charge in [-0.15, -0.1) is 0 Å². The first-order valence-corrected chi connectivity index (χ1v) is 21.6. The van der Waals surface area contributed by atoms with E-state index in [1.807, 2.05) is 0 Å². The van der Waals surface area contributed by atoms with Gasteiger partial charge < -0.3 is 28.4 Å². The minimum atomic E-state index is 0.584. The van der Waals surface area contributed by atoms with Crippen molar-refractivity contribution in [3.8, 4) is 34.5 Å². The second kappa shape index (κ2) is 21.6. The van der Waals surface area contributed by atoms with E-state index in [9.17, 15) is 0 Å². The Hall–Kier alpha value is -2.10. The van der Waals surface area contributed by atoms with Gasteiger partial charge in [-0.05, 0) is 121 Å². The van der Waals surface area contributed by atoms with Crippen molar-refractivity contribution in [2.24, 2.45) is 0 Å². The zero-order chi connectivity index (χ0) is 36.8. The molecule has 51 heavy (non-hydrogen) atoms.